The van der Waals surface area contributed by atoms with Crippen molar-refractivity contribution in [2.24, 2.45) is 23.7 Å². The van der Waals surface area contributed by atoms with E-state index in [0.29, 0.717) is 29.2 Å². The van der Waals surface area contributed by atoms with E-state index in [4.69, 9.17) is 9.47 Å². The van der Waals surface area contributed by atoms with Gasteiger partial charge in [-0.05, 0) is 54.2 Å². The lowest BCUT2D eigenvalue weighted by Crippen LogP contribution is -2.41. The normalized spacial score (nSPS) is 42.0. The number of rotatable bonds is 4. The molecule has 2 aliphatic carbocycles. The van der Waals surface area contributed by atoms with Crippen molar-refractivity contribution >= 4 is 28.6 Å². The van der Waals surface area contributed by atoms with Gasteiger partial charge in [0.2, 0.25) is 0 Å². The highest BCUT2D eigenvalue weighted by Crippen LogP contribution is 2.62. The average Bonchev–Trinajstić information content (AvgIpc) is 2.78. The molecule has 18 heavy (non-hydrogen) atoms. The van der Waals surface area contributed by atoms with Gasteiger partial charge in [0, 0.05) is 31.1 Å². The maximum absolute atomic E-state index is 11.8. The minimum Gasteiger partial charge on any atom is -0.444 e. The first-order chi connectivity index (χ1) is 8.41. The smallest absolute Gasteiger partial charge is 0.334 e. The summed E-state index contributed by atoms with van der Waals surface area (Å²) in [5.41, 5.74) is 0.476. The summed E-state index contributed by atoms with van der Waals surface area (Å²) in [7, 11) is 1.75. The van der Waals surface area contributed by atoms with Gasteiger partial charge in [-0.15, -0.1) is 0 Å². The largest absolute Gasteiger partial charge is 0.444 e. The summed E-state index contributed by atoms with van der Waals surface area (Å²) >= 11 is 2.35. The number of hydrogen-bond acceptors (Lipinski definition) is 3. The van der Waals surface area contributed by atoms with E-state index in [1.807, 2.05) is 0 Å². The van der Waals surface area contributed by atoms with Gasteiger partial charge >= 0.3 is 5.97 Å². The van der Waals surface area contributed by atoms with Crippen LogP contribution in [0.1, 0.15) is 26.7 Å². The van der Waals surface area contributed by atoms with Crippen LogP contribution in [0.4, 0.5) is 0 Å². The molecule has 2 bridgehead atoms. The molecule has 0 radical (unpaired) electrons. The van der Waals surface area contributed by atoms with Crippen molar-refractivity contribution in [1.82, 2.24) is 0 Å². The fourth-order valence-electron chi connectivity index (χ4n) is 3.67. The van der Waals surface area contributed by atoms with Gasteiger partial charge in [0.15, 0.2) is 3.61 Å². The minimum absolute atomic E-state index is 0.264. The maximum Gasteiger partial charge on any atom is 0.334 e. The van der Waals surface area contributed by atoms with Crippen molar-refractivity contribution < 1.29 is 14.3 Å². The summed E-state index contributed by atoms with van der Waals surface area (Å²) in [6.45, 7) is 8.34. The van der Waals surface area contributed by atoms with Crippen LogP contribution in [0.15, 0.2) is 12.2 Å². The van der Waals surface area contributed by atoms with E-state index in [0.717, 1.165) is 13.0 Å². The van der Waals surface area contributed by atoms with Crippen LogP contribution in [0.3, 0.4) is 0 Å². The van der Waals surface area contributed by atoms with Gasteiger partial charge in [0.05, 0.1) is 0 Å². The van der Waals surface area contributed by atoms with E-state index in [-0.39, 0.29) is 9.58 Å². The molecule has 0 amide bonds. The third-order valence-corrected chi connectivity index (χ3v) is 6.61. The van der Waals surface area contributed by atoms with Crippen LogP contribution in [0.5, 0.6) is 0 Å². The van der Waals surface area contributed by atoms with Crippen LogP contribution in [-0.2, 0) is 14.3 Å². The molecule has 0 aromatic heterocycles. The van der Waals surface area contributed by atoms with Gasteiger partial charge in [-0.2, -0.15) is 0 Å². The van der Waals surface area contributed by atoms with Crippen molar-refractivity contribution in [3.05, 3.63) is 12.2 Å². The maximum atomic E-state index is 11.8. The highest BCUT2D eigenvalue weighted by Gasteiger charge is 2.62. The van der Waals surface area contributed by atoms with Gasteiger partial charge in [0.25, 0.3) is 0 Å². The van der Waals surface area contributed by atoms with Crippen molar-refractivity contribution in [3.8, 4) is 0 Å². The van der Waals surface area contributed by atoms with Crippen molar-refractivity contribution in [2.75, 3.05) is 13.7 Å². The summed E-state index contributed by atoms with van der Waals surface area (Å²) in [5.74, 6) is 1.69. The Morgan fingerprint density at radius 1 is 1.50 bits per heavy atom. The Kier molecular flexibility index (Phi) is 4.07. The molecule has 2 fully saturated rings. The molecular formula is C14H21IO3. The molecule has 0 aliphatic heterocycles. The molecule has 0 saturated heterocycles. The third-order valence-electron chi connectivity index (χ3n) is 4.60. The Bertz CT molecular complexity index is 368. The summed E-state index contributed by atoms with van der Waals surface area (Å²) in [6.07, 6.45) is 2.37. The molecule has 2 rings (SSSR count). The van der Waals surface area contributed by atoms with Crippen LogP contribution >= 0.6 is 22.6 Å². The molecule has 0 aromatic rings. The topological polar surface area (TPSA) is 35.5 Å². The zero-order chi connectivity index (χ0) is 13.5. The molecule has 0 aromatic carbocycles. The number of hydrogen-bond donors (Lipinski definition) is 0. The Hall–Kier alpha value is -0.100. The second kappa shape index (κ2) is 5.12. The SMILES string of the molecule is C=C(C)C(=O)OC1(I)C(C)C2CCC1C2COC. The fourth-order valence-corrected chi connectivity index (χ4v) is 5.10. The number of esters is 1. The first-order valence-electron chi connectivity index (χ1n) is 6.48. The predicted octanol–water partition coefficient (Wildman–Crippen LogP) is 3.18. The molecule has 2 aliphatic rings. The lowest BCUT2D eigenvalue weighted by Gasteiger charge is -2.37. The van der Waals surface area contributed by atoms with Crippen molar-refractivity contribution in [3.63, 3.8) is 0 Å². The Morgan fingerprint density at radius 3 is 2.72 bits per heavy atom. The lowest BCUT2D eigenvalue weighted by atomic mass is 9.87. The summed E-state index contributed by atoms with van der Waals surface area (Å²) < 4.78 is 10.7. The molecule has 4 heteroatoms. The molecular weight excluding hydrogens is 343 g/mol. The molecule has 2 saturated carbocycles. The van der Waals surface area contributed by atoms with Gasteiger partial charge in [-0.1, -0.05) is 13.5 Å². The molecule has 0 heterocycles. The predicted molar refractivity (Wildman–Crippen MR) is 78.4 cm³/mol. The molecule has 5 unspecified atom stereocenters. The summed E-state index contributed by atoms with van der Waals surface area (Å²) in [5, 5.41) is 0. The molecule has 5 atom stereocenters. The number of halogens is 1. The minimum atomic E-state index is -0.375. The van der Waals surface area contributed by atoms with E-state index in [9.17, 15) is 4.79 Å². The van der Waals surface area contributed by atoms with Crippen LogP contribution in [0.2, 0.25) is 0 Å². The van der Waals surface area contributed by atoms with E-state index in [1.54, 1.807) is 14.0 Å². The van der Waals surface area contributed by atoms with E-state index in [2.05, 4.69) is 36.1 Å². The highest BCUT2D eigenvalue weighted by atomic mass is 127. The van der Waals surface area contributed by atoms with Crippen LogP contribution in [0.25, 0.3) is 0 Å². The summed E-state index contributed by atoms with van der Waals surface area (Å²) in [4.78, 5) is 11.8. The average molecular weight is 364 g/mol. The van der Waals surface area contributed by atoms with E-state index >= 15 is 0 Å². The second-order valence-electron chi connectivity index (χ2n) is 5.62. The quantitative estimate of drug-likeness (QED) is 0.333. The number of carbonyl (C=O) groups is 1. The Morgan fingerprint density at radius 2 is 2.17 bits per heavy atom. The Balaban J connectivity index is 2.18. The van der Waals surface area contributed by atoms with Crippen molar-refractivity contribution in [1.29, 1.82) is 0 Å². The number of ether oxygens (including phenoxy) is 2. The van der Waals surface area contributed by atoms with E-state index < -0.39 is 0 Å². The first kappa shape index (κ1) is 14.3. The van der Waals surface area contributed by atoms with Gasteiger partial charge in [-0.25, -0.2) is 4.79 Å². The Labute approximate surface area is 122 Å². The van der Waals surface area contributed by atoms with Crippen LogP contribution < -0.4 is 0 Å². The van der Waals surface area contributed by atoms with Gasteiger partial charge in [-0.3, -0.25) is 0 Å². The van der Waals surface area contributed by atoms with E-state index in [1.165, 1.54) is 6.42 Å². The molecule has 0 spiro atoms. The molecule has 102 valence electrons. The lowest BCUT2D eigenvalue weighted by molar-refractivity contribution is -0.151. The summed E-state index contributed by atoms with van der Waals surface area (Å²) in [6, 6.07) is 0. The van der Waals surface area contributed by atoms with Gasteiger partial charge in [0.1, 0.15) is 0 Å². The van der Waals surface area contributed by atoms with Crippen LogP contribution in [-0.4, -0.2) is 23.3 Å². The first-order valence-corrected chi connectivity index (χ1v) is 7.56. The second-order valence-corrected chi connectivity index (χ2v) is 7.31. The standard InChI is InChI=1S/C14H21IO3/c1-8(2)13(16)18-14(15)9(3)10-5-6-12(14)11(10)7-17-4/h9-12H,1,5-7H2,2-4H3. The number of methoxy groups -OCH3 is 1. The number of carbonyl (C=O) groups excluding carboxylic acids is 1. The molecule has 0 N–H and O–H groups in total. The highest BCUT2D eigenvalue weighted by molar-refractivity contribution is 14.1. The number of alkyl halides is 1. The third kappa shape index (κ3) is 2.11. The van der Waals surface area contributed by atoms with Gasteiger partial charge < -0.3 is 9.47 Å². The zero-order valence-electron chi connectivity index (χ0n) is 11.2. The monoisotopic (exact) mass is 364 g/mol. The number of fused-ring (bicyclic) bond motifs is 2. The molecule has 3 nitrogen and oxygen atoms in total. The zero-order valence-corrected chi connectivity index (χ0v) is 13.4. The fraction of sp³-hybridized carbons (Fsp3) is 0.786. The van der Waals surface area contributed by atoms with Crippen molar-refractivity contribution in [2.45, 2.75) is 30.3 Å². The van der Waals surface area contributed by atoms with Crippen LogP contribution in [0, 0.1) is 23.7 Å².